The zero-order chi connectivity index (χ0) is 13.1. The van der Waals surface area contributed by atoms with Gasteiger partial charge in [-0.3, -0.25) is 4.79 Å². The second-order valence-electron chi connectivity index (χ2n) is 5.74. The summed E-state index contributed by atoms with van der Waals surface area (Å²) in [5, 5.41) is 8.90. The van der Waals surface area contributed by atoms with E-state index >= 15 is 0 Å². The molecule has 98 valence electrons. The van der Waals surface area contributed by atoms with Crippen molar-refractivity contribution >= 4 is 12.0 Å². The van der Waals surface area contributed by atoms with E-state index in [1.807, 2.05) is 20.8 Å². The molecular weight excluding hydrogens is 220 g/mol. The van der Waals surface area contributed by atoms with Crippen LogP contribution in [0.15, 0.2) is 0 Å². The zero-order valence-electron chi connectivity index (χ0n) is 10.9. The molecule has 1 aliphatic heterocycles. The number of carbonyl (C=O) groups excluding carboxylic acids is 1. The molecule has 1 aliphatic rings. The highest BCUT2D eigenvalue weighted by Gasteiger charge is 2.24. The standard InChI is InChI=1S/C12H22N2O3/c1-12(2,3)9-10(15)13-5-4-6-14(8-7-13)11(16)17/h4-9H2,1-3H3,(H,16,17). The van der Waals surface area contributed by atoms with E-state index < -0.39 is 6.09 Å². The van der Waals surface area contributed by atoms with Crippen molar-refractivity contribution in [3.05, 3.63) is 0 Å². The van der Waals surface area contributed by atoms with Gasteiger partial charge in [-0.15, -0.1) is 0 Å². The summed E-state index contributed by atoms with van der Waals surface area (Å²) in [5.41, 5.74) is -0.0180. The number of rotatable bonds is 1. The van der Waals surface area contributed by atoms with Crippen molar-refractivity contribution in [2.24, 2.45) is 5.41 Å². The molecular formula is C12H22N2O3. The van der Waals surface area contributed by atoms with E-state index in [2.05, 4.69) is 0 Å². The molecule has 0 bridgehead atoms. The van der Waals surface area contributed by atoms with Gasteiger partial charge in [0, 0.05) is 32.6 Å². The Kier molecular flexibility index (Phi) is 4.37. The molecule has 1 rings (SSSR count). The van der Waals surface area contributed by atoms with Crippen LogP contribution in [-0.4, -0.2) is 53.1 Å². The molecule has 0 aromatic rings. The first-order valence-electron chi connectivity index (χ1n) is 6.05. The first-order valence-corrected chi connectivity index (χ1v) is 6.05. The predicted molar refractivity (Wildman–Crippen MR) is 64.9 cm³/mol. The number of carboxylic acid groups (broad SMARTS) is 1. The average Bonchev–Trinajstić information content (AvgIpc) is 2.39. The van der Waals surface area contributed by atoms with E-state index in [0.717, 1.165) is 6.42 Å². The molecule has 0 unspecified atom stereocenters. The lowest BCUT2D eigenvalue weighted by molar-refractivity contribution is -0.132. The summed E-state index contributed by atoms with van der Waals surface area (Å²) in [6, 6.07) is 0. The molecule has 5 nitrogen and oxygen atoms in total. The Labute approximate surface area is 102 Å². The molecule has 1 saturated heterocycles. The number of hydrogen-bond acceptors (Lipinski definition) is 2. The summed E-state index contributed by atoms with van der Waals surface area (Å²) in [6.07, 6.45) is 0.345. The molecule has 0 saturated carbocycles. The van der Waals surface area contributed by atoms with Gasteiger partial charge in [0.1, 0.15) is 0 Å². The second-order valence-corrected chi connectivity index (χ2v) is 5.74. The van der Waals surface area contributed by atoms with Crippen LogP contribution in [0, 0.1) is 5.41 Å². The third-order valence-corrected chi connectivity index (χ3v) is 2.80. The van der Waals surface area contributed by atoms with Gasteiger partial charge in [-0.2, -0.15) is 0 Å². The van der Waals surface area contributed by atoms with E-state index in [9.17, 15) is 9.59 Å². The minimum absolute atomic E-state index is 0.0180. The maximum atomic E-state index is 12.0. The summed E-state index contributed by atoms with van der Waals surface area (Å²) in [6.45, 7) is 8.23. The average molecular weight is 242 g/mol. The van der Waals surface area contributed by atoms with E-state index in [-0.39, 0.29) is 11.3 Å². The lowest BCUT2D eigenvalue weighted by Gasteiger charge is -2.25. The van der Waals surface area contributed by atoms with Crippen LogP contribution in [-0.2, 0) is 4.79 Å². The fourth-order valence-electron chi connectivity index (χ4n) is 1.92. The van der Waals surface area contributed by atoms with Crippen LogP contribution in [0.3, 0.4) is 0 Å². The molecule has 0 aromatic carbocycles. The molecule has 17 heavy (non-hydrogen) atoms. The fourth-order valence-corrected chi connectivity index (χ4v) is 1.92. The summed E-state index contributed by atoms with van der Waals surface area (Å²) in [5.74, 6) is 0.129. The normalized spacial score (nSPS) is 17.8. The van der Waals surface area contributed by atoms with E-state index in [0.29, 0.717) is 32.6 Å². The Hall–Kier alpha value is -1.26. The molecule has 0 aliphatic carbocycles. The molecule has 1 N–H and O–H groups in total. The molecule has 1 fully saturated rings. The minimum atomic E-state index is -0.893. The Morgan fingerprint density at radius 1 is 1.06 bits per heavy atom. The van der Waals surface area contributed by atoms with Gasteiger partial charge < -0.3 is 14.9 Å². The summed E-state index contributed by atoms with van der Waals surface area (Å²) in [7, 11) is 0. The number of nitrogens with zero attached hydrogens (tertiary/aromatic N) is 2. The van der Waals surface area contributed by atoms with Crippen molar-refractivity contribution in [3.63, 3.8) is 0 Å². The summed E-state index contributed by atoms with van der Waals surface area (Å²) < 4.78 is 0. The molecule has 0 radical (unpaired) electrons. The topological polar surface area (TPSA) is 60.9 Å². The highest BCUT2D eigenvalue weighted by Crippen LogP contribution is 2.20. The number of hydrogen-bond donors (Lipinski definition) is 1. The smallest absolute Gasteiger partial charge is 0.407 e. The van der Waals surface area contributed by atoms with E-state index in [1.54, 1.807) is 4.90 Å². The summed E-state index contributed by atoms with van der Waals surface area (Å²) >= 11 is 0. The van der Waals surface area contributed by atoms with Crippen LogP contribution < -0.4 is 0 Å². The third kappa shape index (κ3) is 4.63. The molecule has 1 heterocycles. The zero-order valence-corrected chi connectivity index (χ0v) is 10.9. The van der Waals surface area contributed by atoms with Gasteiger partial charge in [-0.05, 0) is 11.8 Å². The first kappa shape index (κ1) is 13.8. The largest absolute Gasteiger partial charge is 0.465 e. The third-order valence-electron chi connectivity index (χ3n) is 2.80. The van der Waals surface area contributed by atoms with Crippen molar-refractivity contribution in [2.45, 2.75) is 33.6 Å². The monoisotopic (exact) mass is 242 g/mol. The molecule has 0 atom stereocenters. The van der Waals surface area contributed by atoms with Crippen molar-refractivity contribution in [1.29, 1.82) is 0 Å². The number of amides is 2. The fraction of sp³-hybridized carbons (Fsp3) is 0.833. The lowest BCUT2D eigenvalue weighted by atomic mass is 9.91. The van der Waals surface area contributed by atoms with Gasteiger partial charge in [0.15, 0.2) is 0 Å². The first-order chi connectivity index (χ1) is 7.79. The van der Waals surface area contributed by atoms with Gasteiger partial charge >= 0.3 is 6.09 Å². The van der Waals surface area contributed by atoms with Crippen molar-refractivity contribution in [3.8, 4) is 0 Å². The van der Waals surface area contributed by atoms with Crippen molar-refractivity contribution in [2.75, 3.05) is 26.2 Å². The SMILES string of the molecule is CC(C)(C)CC(=O)N1CCCN(C(=O)O)CC1. The maximum Gasteiger partial charge on any atom is 0.407 e. The molecule has 0 aromatic heterocycles. The Morgan fingerprint density at radius 3 is 2.12 bits per heavy atom. The second kappa shape index (κ2) is 5.38. The highest BCUT2D eigenvalue weighted by molar-refractivity contribution is 5.77. The molecule has 5 heteroatoms. The number of carbonyl (C=O) groups is 2. The Morgan fingerprint density at radius 2 is 1.59 bits per heavy atom. The van der Waals surface area contributed by atoms with Crippen LogP contribution in [0.4, 0.5) is 4.79 Å². The minimum Gasteiger partial charge on any atom is -0.465 e. The van der Waals surface area contributed by atoms with Crippen LogP contribution in [0.1, 0.15) is 33.6 Å². The maximum absolute atomic E-state index is 12.0. The Balaban J connectivity index is 2.51. The molecule has 0 spiro atoms. The van der Waals surface area contributed by atoms with Crippen LogP contribution in [0.2, 0.25) is 0 Å². The molecule has 2 amide bonds. The predicted octanol–water partition coefficient (Wildman–Crippen LogP) is 1.63. The van der Waals surface area contributed by atoms with Crippen molar-refractivity contribution < 1.29 is 14.7 Å². The van der Waals surface area contributed by atoms with Gasteiger partial charge in [0.05, 0.1) is 0 Å². The van der Waals surface area contributed by atoms with Gasteiger partial charge in [-0.1, -0.05) is 20.8 Å². The van der Waals surface area contributed by atoms with E-state index in [1.165, 1.54) is 4.90 Å². The van der Waals surface area contributed by atoms with Gasteiger partial charge in [0.25, 0.3) is 0 Å². The van der Waals surface area contributed by atoms with Gasteiger partial charge in [0.2, 0.25) is 5.91 Å². The Bertz CT molecular complexity index is 297. The van der Waals surface area contributed by atoms with Crippen LogP contribution in [0.5, 0.6) is 0 Å². The summed E-state index contributed by atoms with van der Waals surface area (Å²) in [4.78, 5) is 26.0. The van der Waals surface area contributed by atoms with Crippen molar-refractivity contribution in [1.82, 2.24) is 9.80 Å². The van der Waals surface area contributed by atoms with Gasteiger partial charge in [-0.25, -0.2) is 4.79 Å². The highest BCUT2D eigenvalue weighted by atomic mass is 16.4. The van der Waals surface area contributed by atoms with Crippen LogP contribution >= 0.6 is 0 Å². The van der Waals surface area contributed by atoms with E-state index in [4.69, 9.17) is 5.11 Å². The van der Waals surface area contributed by atoms with Crippen LogP contribution in [0.25, 0.3) is 0 Å². The quantitative estimate of drug-likeness (QED) is 0.760. The lowest BCUT2D eigenvalue weighted by Crippen LogP contribution is -2.38.